The van der Waals surface area contributed by atoms with Crippen molar-refractivity contribution < 1.29 is 14.3 Å². The highest BCUT2D eigenvalue weighted by Gasteiger charge is 2.23. The first kappa shape index (κ1) is 20.1. The summed E-state index contributed by atoms with van der Waals surface area (Å²) < 4.78 is 5.06. The van der Waals surface area contributed by atoms with Crippen molar-refractivity contribution >= 4 is 28.3 Å². The Kier molecular flexibility index (Phi) is 7.78. The van der Waals surface area contributed by atoms with E-state index in [4.69, 9.17) is 4.74 Å². The maximum atomic E-state index is 12.7. The molecule has 1 aromatic heterocycles. The van der Waals surface area contributed by atoms with Gasteiger partial charge >= 0.3 is 5.97 Å². The first-order valence-electron chi connectivity index (χ1n) is 9.05. The van der Waals surface area contributed by atoms with Gasteiger partial charge in [-0.05, 0) is 32.3 Å². The summed E-state index contributed by atoms with van der Waals surface area (Å²) in [6.45, 7) is 6.51. The molecule has 26 heavy (non-hydrogen) atoms. The van der Waals surface area contributed by atoms with E-state index in [1.165, 1.54) is 16.9 Å². The van der Waals surface area contributed by atoms with Gasteiger partial charge < -0.3 is 4.74 Å². The molecule has 5 nitrogen and oxygen atoms in total. The molecule has 1 aromatic carbocycles. The van der Waals surface area contributed by atoms with E-state index in [-0.39, 0.29) is 5.91 Å². The van der Waals surface area contributed by atoms with Crippen molar-refractivity contribution in [2.24, 2.45) is 0 Å². The second-order valence-corrected chi connectivity index (χ2v) is 7.19. The molecule has 0 saturated heterocycles. The number of carbonyl (C=O) groups excluding carboxylic acids is 2. The number of nitrogens with zero attached hydrogens (tertiary/aromatic N) is 2. The van der Waals surface area contributed by atoms with Crippen LogP contribution in [0.2, 0.25) is 0 Å². The summed E-state index contributed by atoms with van der Waals surface area (Å²) in [5.41, 5.74) is 1.47. The number of aryl methyl sites for hydroxylation is 1. The summed E-state index contributed by atoms with van der Waals surface area (Å²) in [4.78, 5) is 31.7. The molecule has 2 rings (SSSR count). The number of aromatic nitrogens is 1. The van der Waals surface area contributed by atoms with Crippen LogP contribution in [0.15, 0.2) is 30.3 Å². The zero-order valence-electron chi connectivity index (χ0n) is 15.7. The van der Waals surface area contributed by atoms with Gasteiger partial charge in [-0.2, -0.15) is 0 Å². The fourth-order valence-corrected chi connectivity index (χ4v) is 3.50. The minimum Gasteiger partial charge on any atom is -0.461 e. The standard InChI is InChI=1S/C20H26N2O3S/c1-4-6-12-17(23)22(14-13-16-10-8-7-9-11-16)20-21-18(15(3)26-20)19(24)25-5-2/h7-11H,4-6,12-14H2,1-3H3. The number of amides is 1. The Labute approximate surface area is 159 Å². The molecule has 140 valence electrons. The van der Waals surface area contributed by atoms with E-state index in [2.05, 4.69) is 11.9 Å². The molecule has 0 aliphatic rings. The molecular formula is C20H26N2O3S. The molecule has 0 aliphatic heterocycles. The van der Waals surface area contributed by atoms with Gasteiger partial charge in [0.1, 0.15) is 0 Å². The Morgan fingerprint density at radius 1 is 1.19 bits per heavy atom. The maximum Gasteiger partial charge on any atom is 0.358 e. The van der Waals surface area contributed by atoms with Gasteiger partial charge in [-0.15, -0.1) is 11.3 Å². The van der Waals surface area contributed by atoms with E-state index >= 15 is 0 Å². The van der Waals surface area contributed by atoms with Crippen molar-refractivity contribution in [2.75, 3.05) is 18.1 Å². The van der Waals surface area contributed by atoms with Crippen LogP contribution >= 0.6 is 11.3 Å². The molecule has 0 spiro atoms. The third-order valence-corrected chi connectivity index (χ3v) is 4.99. The number of anilines is 1. The maximum absolute atomic E-state index is 12.7. The Balaban J connectivity index is 2.21. The molecule has 0 fully saturated rings. The number of ether oxygens (including phenoxy) is 1. The Morgan fingerprint density at radius 3 is 2.58 bits per heavy atom. The Bertz CT molecular complexity index is 728. The number of benzene rings is 1. The van der Waals surface area contributed by atoms with Crippen LogP contribution in [-0.2, 0) is 16.0 Å². The molecule has 6 heteroatoms. The van der Waals surface area contributed by atoms with Gasteiger partial charge in [-0.3, -0.25) is 9.69 Å². The molecule has 1 heterocycles. The van der Waals surface area contributed by atoms with Crippen LogP contribution < -0.4 is 4.90 Å². The number of carbonyl (C=O) groups is 2. The molecule has 0 atom stereocenters. The smallest absolute Gasteiger partial charge is 0.358 e. The van der Waals surface area contributed by atoms with E-state index in [1.807, 2.05) is 37.3 Å². The average Bonchev–Trinajstić information content (AvgIpc) is 3.02. The van der Waals surface area contributed by atoms with Crippen molar-refractivity contribution in [3.05, 3.63) is 46.5 Å². The molecule has 0 unspecified atom stereocenters. The van der Waals surface area contributed by atoms with Crippen molar-refractivity contribution in [3.8, 4) is 0 Å². The summed E-state index contributed by atoms with van der Waals surface area (Å²) in [7, 11) is 0. The molecule has 0 radical (unpaired) electrons. The minimum atomic E-state index is -0.434. The lowest BCUT2D eigenvalue weighted by Gasteiger charge is -2.20. The fraction of sp³-hybridized carbons (Fsp3) is 0.450. The third kappa shape index (κ3) is 5.39. The van der Waals surface area contributed by atoms with E-state index < -0.39 is 5.97 Å². The zero-order chi connectivity index (χ0) is 18.9. The van der Waals surface area contributed by atoms with Crippen LogP contribution in [0.4, 0.5) is 5.13 Å². The van der Waals surface area contributed by atoms with Crippen molar-refractivity contribution in [1.29, 1.82) is 0 Å². The lowest BCUT2D eigenvalue weighted by molar-refractivity contribution is -0.118. The zero-order valence-corrected chi connectivity index (χ0v) is 16.5. The lowest BCUT2D eigenvalue weighted by atomic mass is 10.1. The van der Waals surface area contributed by atoms with Gasteiger partial charge in [-0.1, -0.05) is 43.7 Å². The first-order chi connectivity index (χ1) is 12.6. The second-order valence-electron chi connectivity index (χ2n) is 6.01. The third-order valence-electron chi connectivity index (χ3n) is 4.00. The molecule has 0 bridgehead atoms. The topological polar surface area (TPSA) is 59.5 Å². The predicted octanol–water partition coefficient (Wildman–Crippen LogP) is 4.39. The van der Waals surface area contributed by atoms with Gasteiger partial charge in [0.05, 0.1) is 6.61 Å². The van der Waals surface area contributed by atoms with Crippen molar-refractivity contribution in [2.45, 2.75) is 46.5 Å². The highest BCUT2D eigenvalue weighted by atomic mass is 32.1. The summed E-state index contributed by atoms with van der Waals surface area (Å²) in [6, 6.07) is 10.1. The normalized spacial score (nSPS) is 10.6. The largest absolute Gasteiger partial charge is 0.461 e. The second kappa shape index (κ2) is 10.1. The minimum absolute atomic E-state index is 0.0481. The summed E-state index contributed by atoms with van der Waals surface area (Å²) in [6.07, 6.45) is 3.03. The summed E-state index contributed by atoms with van der Waals surface area (Å²) in [5, 5.41) is 0.572. The number of unbranched alkanes of at least 4 members (excludes halogenated alkanes) is 1. The van der Waals surface area contributed by atoms with Crippen LogP contribution in [-0.4, -0.2) is 30.0 Å². The molecule has 2 aromatic rings. The molecule has 0 N–H and O–H groups in total. The van der Waals surface area contributed by atoms with Crippen LogP contribution in [0, 0.1) is 6.92 Å². The Hall–Kier alpha value is -2.21. The molecule has 0 aliphatic carbocycles. The number of thiazole rings is 1. The average molecular weight is 375 g/mol. The van der Waals surface area contributed by atoms with Crippen LogP contribution in [0.5, 0.6) is 0 Å². The molecule has 1 amide bonds. The van der Waals surface area contributed by atoms with Gasteiger partial charge in [0.15, 0.2) is 10.8 Å². The number of rotatable bonds is 9. The van der Waals surface area contributed by atoms with Gasteiger partial charge in [-0.25, -0.2) is 9.78 Å². The van der Waals surface area contributed by atoms with Crippen LogP contribution in [0.3, 0.4) is 0 Å². The first-order valence-corrected chi connectivity index (χ1v) is 9.87. The quantitative estimate of drug-likeness (QED) is 0.611. The monoisotopic (exact) mass is 374 g/mol. The summed E-state index contributed by atoms with van der Waals surface area (Å²) in [5.74, 6) is -0.386. The Morgan fingerprint density at radius 2 is 1.92 bits per heavy atom. The van der Waals surface area contributed by atoms with E-state index in [0.717, 1.165) is 24.1 Å². The van der Waals surface area contributed by atoms with Gasteiger partial charge in [0, 0.05) is 17.8 Å². The van der Waals surface area contributed by atoms with Crippen LogP contribution in [0.25, 0.3) is 0 Å². The number of hydrogen-bond donors (Lipinski definition) is 0. The van der Waals surface area contributed by atoms with Crippen LogP contribution in [0.1, 0.15) is 54.0 Å². The number of esters is 1. The SMILES string of the molecule is CCCCC(=O)N(CCc1ccccc1)c1nc(C(=O)OCC)c(C)s1. The highest BCUT2D eigenvalue weighted by molar-refractivity contribution is 7.16. The lowest BCUT2D eigenvalue weighted by Crippen LogP contribution is -2.32. The molecular weight excluding hydrogens is 348 g/mol. The van der Waals surface area contributed by atoms with Crippen molar-refractivity contribution in [1.82, 2.24) is 4.98 Å². The summed E-state index contributed by atoms with van der Waals surface area (Å²) >= 11 is 1.37. The van der Waals surface area contributed by atoms with E-state index in [1.54, 1.807) is 11.8 Å². The van der Waals surface area contributed by atoms with Gasteiger partial charge in [0.2, 0.25) is 5.91 Å². The van der Waals surface area contributed by atoms with E-state index in [9.17, 15) is 9.59 Å². The fourth-order valence-electron chi connectivity index (χ4n) is 2.56. The number of hydrogen-bond acceptors (Lipinski definition) is 5. The predicted molar refractivity (Wildman–Crippen MR) is 105 cm³/mol. The highest BCUT2D eigenvalue weighted by Crippen LogP contribution is 2.27. The van der Waals surface area contributed by atoms with E-state index in [0.29, 0.717) is 30.4 Å². The van der Waals surface area contributed by atoms with Crippen molar-refractivity contribution in [3.63, 3.8) is 0 Å². The molecule has 0 saturated carbocycles. The van der Waals surface area contributed by atoms with Gasteiger partial charge in [0.25, 0.3) is 0 Å².